The van der Waals surface area contributed by atoms with Crippen LogP contribution in [-0.4, -0.2) is 7.11 Å². The largest absolute Gasteiger partial charge is 0.725 e. The van der Waals surface area contributed by atoms with E-state index in [0.717, 1.165) is 0 Å². The Kier molecular flexibility index (Phi) is 0.978. The van der Waals surface area contributed by atoms with Crippen molar-refractivity contribution in [3.63, 3.8) is 0 Å². The number of rotatable bonds is 1. The molecule has 0 fully saturated rings. The first-order chi connectivity index (χ1) is 3.43. The molecular formula is C4H5O3+. The van der Waals surface area contributed by atoms with E-state index in [9.17, 15) is 0 Å². The fourth-order valence-electron chi connectivity index (χ4n) is 0.291. The maximum Gasteiger partial charge on any atom is 0.725 e. The highest BCUT2D eigenvalue weighted by Crippen LogP contribution is 2.07. The molecule has 0 aliphatic carbocycles. The van der Waals surface area contributed by atoms with Gasteiger partial charge in [0.05, 0.1) is 0 Å². The van der Waals surface area contributed by atoms with E-state index in [-0.39, 0.29) is 6.14 Å². The van der Waals surface area contributed by atoms with Crippen molar-refractivity contribution in [2.75, 3.05) is 7.11 Å². The van der Waals surface area contributed by atoms with E-state index in [1.807, 2.05) is 0 Å². The number of hydrogen-bond acceptors (Lipinski definition) is 2. The van der Waals surface area contributed by atoms with Crippen molar-refractivity contribution in [1.29, 1.82) is 0 Å². The lowest BCUT2D eigenvalue weighted by atomic mass is 11.1. The van der Waals surface area contributed by atoms with E-state index in [2.05, 4.69) is 13.6 Å². The quantitative estimate of drug-likeness (QED) is 0.498. The molecule has 0 radical (unpaired) electrons. The second kappa shape index (κ2) is 1.64. The van der Waals surface area contributed by atoms with E-state index in [1.54, 1.807) is 0 Å². The molecule has 0 aromatic carbocycles. The smallest absolute Gasteiger partial charge is 0.323 e. The van der Waals surface area contributed by atoms with Crippen molar-refractivity contribution in [3.8, 4) is 6.14 Å². The van der Waals surface area contributed by atoms with Crippen molar-refractivity contribution in [2.24, 2.45) is 0 Å². The van der Waals surface area contributed by atoms with Crippen molar-refractivity contribution in [2.45, 2.75) is 0 Å². The summed E-state index contributed by atoms with van der Waals surface area (Å²) in [6.45, 7) is 0. The highest BCUT2D eigenvalue weighted by Gasteiger charge is 2.06. The Hall–Kier alpha value is -0.990. The Bertz CT molecular complexity index is 121. The Labute approximate surface area is 40.5 Å². The van der Waals surface area contributed by atoms with Gasteiger partial charge in [0.1, 0.15) is 7.11 Å². The minimum atomic E-state index is 0.181. The molecule has 1 rings (SSSR count). The van der Waals surface area contributed by atoms with Crippen molar-refractivity contribution in [1.82, 2.24) is 0 Å². The first-order valence-electron chi connectivity index (χ1n) is 1.83. The molecule has 0 aliphatic heterocycles. The molecule has 1 aromatic rings. The van der Waals surface area contributed by atoms with E-state index < -0.39 is 0 Å². The van der Waals surface area contributed by atoms with Gasteiger partial charge in [-0.25, -0.2) is 0 Å². The zero-order valence-corrected chi connectivity index (χ0v) is 3.88. The maximum atomic E-state index is 4.59. The number of methoxy groups -OCH3 is 1. The van der Waals surface area contributed by atoms with Crippen LogP contribution in [-0.2, 0) is 0 Å². The molecule has 7 heavy (non-hydrogen) atoms. The van der Waals surface area contributed by atoms with E-state index >= 15 is 0 Å². The molecule has 0 unspecified atom stereocenters. The zero-order chi connectivity index (χ0) is 5.11. The Morgan fingerprint density at radius 3 is 3.00 bits per heavy atom. The summed E-state index contributed by atoms with van der Waals surface area (Å²) < 4.78 is 13.7. The van der Waals surface area contributed by atoms with Crippen molar-refractivity contribution >= 4 is 0 Å². The first kappa shape index (κ1) is 4.18. The third-order valence-corrected chi connectivity index (χ3v) is 0.551. The van der Waals surface area contributed by atoms with Crippen molar-refractivity contribution < 1.29 is 13.6 Å². The lowest BCUT2D eigenvalue weighted by Gasteiger charge is -1.67. The summed E-state index contributed by atoms with van der Waals surface area (Å²) in [5, 5.41) is 0. The molecule has 1 aromatic heterocycles. The van der Waals surface area contributed by atoms with E-state index in [4.69, 9.17) is 0 Å². The Balaban J connectivity index is 2.76. The molecule has 0 atom stereocenters. The van der Waals surface area contributed by atoms with Gasteiger partial charge in [-0.15, -0.1) is 0 Å². The summed E-state index contributed by atoms with van der Waals surface area (Å²) in [5.41, 5.74) is 0. The molecular weight excluding hydrogens is 96.0 g/mol. The zero-order valence-electron chi connectivity index (χ0n) is 3.88. The third kappa shape index (κ3) is 0.707. The summed E-state index contributed by atoms with van der Waals surface area (Å²) in [4.78, 5) is 0. The van der Waals surface area contributed by atoms with Gasteiger partial charge in [-0.3, -0.25) is 8.83 Å². The van der Waals surface area contributed by atoms with Crippen LogP contribution in [0, 0.1) is 0 Å². The Morgan fingerprint density at radius 2 is 2.71 bits per heavy atom. The minimum absolute atomic E-state index is 0.181. The lowest BCUT2D eigenvalue weighted by Crippen LogP contribution is -1.74. The number of hydrogen-bond donors (Lipinski definition) is 0. The predicted molar refractivity (Wildman–Crippen MR) is 21.9 cm³/mol. The number of ether oxygens (including phenoxy) is 1. The molecule has 0 aliphatic rings. The van der Waals surface area contributed by atoms with Crippen LogP contribution in [0.15, 0.2) is 21.4 Å². The predicted octanol–water partition coefficient (Wildman–Crippen LogP) is 1.16. The minimum Gasteiger partial charge on any atom is -0.323 e. The SMILES string of the molecule is COc1occ[o+]1. The molecule has 0 bridgehead atoms. The third-order valence-electron chi connectivity index (χ3n) is 0.551. The van der Waals surface area contributed by atoms with Gasteiger partial charge in [-0.05, 0) is 0 Å². The molecule has 0 amide bonds. The monoisotopic (exact) mass is 101 g/mol. The fourth-order valence-corrected chi connectivity index (χ4v) is 0.291. The van der Waals surface area contributed by atoms with E-state index in [0.29, 0.717) is 0 Å². The van der Waals surface area contributed by atoms with Crippen LogP contribution in [0.2, 0.25) is 0 Å². The molecule has 0 spiro atoms. The standard InChI is InChI=1S/C4H5O3/c1-5-4-6-2-3-7-4/h2-3H,1H3/q+1. The van der Waals surface area contributed by atoms with Gasteiger partial charge < -0.3 is 4.74 Å². The average molecular weight is 101 g/mol. The van der Waals surface area contributed by atoms with Gasteiger partial charge in [0.15, 0.2) is 0 Å². The van der Waals surface area contributed by atoms with Crippen LogP contribution in [0.25, 0.3) is 0 Å². The lowest BCUT2D eigenvalue weighted by molar-refractivity contribution is 0.213. The first-order valence-corrected chi connectivity index (χ1v) is 1.83. The van der Waals surface area contributed by atoms with Crippen LogP contribution in [0.3, 0.4) is 0 Å². The van der Waals surface area contributed by atoms with Gasteiger partial charge >= 0.3 is 6.14 Å². The topological polar surface area (TPSA) is 33.7 Å². The second-order valence-electron chi connectivity index (χ2n) is 0.962. The van der Waals surface area contributed by atoms with Crippen molar-refractivity contribution in [3.05, 3.63) is 12.5 Å². The molecule has 1 heterocycles. The van der Waals surface area contributed by atoms with Crippen LogP contribution in [0.1, 0.15) is 0 Å². The van der Waals surface area contributed by atoms with Crippen LogP contribution in [0.4, 0.5) is 0 Å². The van der Waals surface area contributed by atoms with Crippen LogP contribution in [0.5, 0.6) is 6.14 Å². The van der Waals surface area contributed by atoms with Gasteiger partial charge in [-0.2, -0.15) is 0 Å². The maximum absolute atomic E-state index is 4.59. The summed E-state index contributed by atoms with van der Waals surface area (Å²) in [6, 6.07) is 0. The molecule has 0 N–H and O–H groups in total. The Morgan fingerprint density at radius 1 is 1.86 bits per heavy atom. The normalized spacial score (nSPS) is 8.71. The highest BCUT2D eigenvalue weighted by atomic mass is 16.7. The second-order valence-corrected chi connectivity index (χ2v) is 0.962. The molecule has 3 nitrogen and oxygen atoms in total. The van der Waals surface area contributed by atoms with E-state index in [1.165, 1.54) is 19.6 Å². The molecule has 0 saturated heterocycles. The average Bonchev–Trinajstić information content (AvgIpc) is 2.14. The highest BCUT2D eigenvalue weighted by molar-refractivity contribution is 4.73. The molecule has 0 saturated carbocycles. The summed E-state index contributed by atoms with van der Waals surface area (Å²) in [7, 11) is 1.47. The van der Waals surface area contributed by atoms with Gasteiger partial charge in [-0.1, -0.05) is 0 Å². The van der Waals surface area contributed by atoms with Crippen LogP contribution < -0.4 is 4.74 Å². The fraction of sp³-hybridized carbons (Fsp3) is 0.250. The van der Waals surface area contributed by atoms with Gasteiger partial charge in [0.2, 0.25) is 12.5 Å². The van der Waals surface area contributed by atoms with Crippen LogP contribution >= 0.6 is 0 Å². The van der Waals surface area contributed by atoms with Gasteiger partial charge in [0.25, 0.3) is 0 Å². The summed E-state index contributed by atoms with van der Waals surface area (Å²) in [6.07, 6.45) is 2.98. The molecule has 38 valence electrons. The van der Waals surface area contributed by atoms with Gasteiger partial charge in [0, 0.05) is 0 Å². The summed E-state index contributed by atoms with van der Waals surface area (Å²) in [5.74, 6) is 0. The summed E-state index contributed by atoms with van der Waals surface area (Å²) >= 11 is 0. The molecule has 3 heteroatoms.